The summed E-state index contributed by atoms with van der Waals surface area (Å²) in [7, 11) is 15.7. The molecule has 298 valence electrons. The van der Waals surface area contributed by atoms with Crippen LogP contribution in [0.15, 0.2) is 197 Å². The largest absolute Gasteiger partial charge is 0.455 e. The van der Waals surface area contributed by atoms with Crippen LogP contribution >= 0.6 is 0 Å². The van der Waals surface area contributed by atoms with Gasteiger partial charge in [0.1, 0.15) is 58.2 Å². The minimum Gasteiger partial charge on any atom is -0.455 e. The van der Waals surface area contributed by atoms with Crippen molar-refractivity contribution in [2.24, 2.45) is 0 Å². The molecule has 0 N–H and O–H groups in total. The Bertz CT molecular complexity index is 3300. The number of nitrogens with zero attached hydrogens (tertiary/aromatic N) is 1. The van der Waals surface area contributed by atoms with Crippen molar-refractivity contribution < 1.29 is 4.42 Å². The number of rotatable bonds is 10. The van der Waals surface area contributed by atoms with Gasteiger partial charge < -0.3 is 9.32 Å². The van der Waals surface area contributed by atoms with Crippen LogP contribution in [0.1, 0.15) is 5.56 Å². The minimum absolute atomic E-state index is 0.623. The average Bonchev–Trinajstić information content (AvgIpc) is 3.73. The summed E-state index contributed by atoms with van der Waals surface area (Å²) >= 11 is 0. The molecule has 1 aromatic heterocycles. The van der Waals surface area contributed by atoms with Crippen molar-refractivity contribution >= 4 is 116 Å². The summed E-state index contributed by atoms with van der Waals surface area (Å²) < 4.78 is 6.67. The molecule has 0 atom stereocenters. The van der Waals surface area contributed by atoms with Crippen LogP contribution in [-0.2, 0) is 0 Å². The number of furan rings is 1. The van der Waals surface area contributed by atoms with Gasteiger partial charge in [-0.3, -0.25) is 0 Å². The number of hydrogen-bond donors (Lipinski definition) is 0. The second-order valence-corrected chi connectivity index (χ2v) is 17.0. The maximum Gasteiger partial charge on any atom is 0.151 e. The molecule has 0 aliphatic heterocycles. The van der Waals surface area contributed by atoms with Crippen molar-refractivity contribution in [1.29, 1.82) is 0 Å². The zero-order valence-electron chi connectivity index (χ0n) is 37.9. The van der Waals surface area contributed by atoms with E-state index in [1.54, 1.807) is 0 Å². The van der Waals surface area contributed by atoms with Crippen LogP contribution < -0.4 is 26.8 Å². The Hall–Kier alpha value is -7.15. The molecule has 0 amide bonds. The number of fused-ring (bicyclic) bond motifs is 3. The smallest absolute Gasteiger partial charge is 0.151 e. The predicted molar refractivity (Wildman–Crippen MR) is 296 cm³/mol. The maximum absolute atomic E-state index is 6.67. The Labute approximate surface area is 384 Å². The van der Waals surface area contributed by atoms with Crippen LogP contribution in [0.25, 0.3) is 72.0 Å². The van der Waals surface area contributed by atoms with Crippen molar-refractivity contribution in [3.05, 3.63) is 198 Å². The Balaban J connectivity index is 1.35. The highest BCUT2D eigenvalue weighted by molar-refractivity contribution is 6.63. The van der Waals surface area contributed by atoms with E-state index in [4.69, 9.17) is 10.8 Å². The van der Waals surface area contributed by atoms with Gasteiger partial charge in [-0.1, -0.05) is 203 Å². The van der Waals surface area contributed by atoms with Gasteiger partial charge in [0.2, 0.25) is 0 Å². The van der Waals surface area contributed by atoms with E-state index < -0.39 is 0 Å². The Morgan fingerprint density at radius 2 is 1.02 bits per heavy atom. The summed E-state index contributed by atoms with van der Waals surface area (Å²) in [5.41, 5.74) is 24.0. The Kier molecular flexibility index (Phi) is 11.8. The number of hydrogen-bond acceptors (Lipinski definition) is 2. The first-order valence-corrected chi connectivity index (χ1v) is 22.2. The first-order valence-electron chi connectivity index (χ1n) is 22.2. The lowest BCUT2D eigenvalue weighted by atomic mass is 9.64. The molecule has 9 heteroatoms. The molecule has 1 heterocycles. The molecule has 0 fully saturated rings. The van der Waals surface area contributed by atoms with E-state index in [-0.39, 0.29) is 0 Å². The second-order valence-electron chi connectivity index (χ2n) is 17.0. The molecule has 0 bridgehead atoms. The van der Waals surface area contributed by atoms with Crippen molar-refractivity contribution in [3.8, 4) is 56.9 Å². The van der Waals surface area contributed by atoms with Crippen LogP contribution in [0.2, 0.25) is 0 Å². The fraction of sp³-hybridized carbons (Fsp3) is 0.0182. The van der Waals surface area contributed by atoms with E-state index in [9.17, 15) is 0 Å². The van der Waals surface area contributed by atoms with Crippen molar-refractivity contribution in [1.82, 2.24) is 0 Å². The van der Waals surface area contributed by atoms with E-state index in [2.05, 4.69) is 236 Å². The molecular formula is C55H46B7NO. The normalized spacial score (nSPS) is 12.1. The fourth-order valence-electron chi connectivity index (χ4n) is 9.77. The molecule has 0 aliphatic carbocycles. The van der Waals surface area contributed by atoms with E-state index in [0.717, 1.165) is 49.8 Å². The number of allylic oxidation sites excluding steroid dienone is 3. The lowest BCUT2D eigenvalue weighted by Gasteiger charge is -2.35. The molecule has 0 unspecified atom stereocenters. The number of anilines is 2. The third kappa shape index (κ3) is 7.58. The predicted octanol–water partition coefficient (Wildman–Crippen LogP) is 4.58. The summed E-state index contributed by atoms with van der Waals surface area (Å²) in [5, 5.41) is 2.27. The minimum atomic E-state index is 0.623. The van der Waals surface area contributed by atoms with Gasteiger partial charge in [0.25, 0.3) is 0 Å². The van der Waals surface area contributed by atoms with Crippen LogP contribution in [0.4, 0.5) is 11.4 Å². The molecular weight excluding hydrogens is 766 g/mol. The van der Waals surface area contributed by atoms with Gasteiger partial charge in [0, 0.05) is 39.8 Å². The third-order valence-electron chi connectivity index (χ3n) is 13.3. The molecule has 0 spiro atoms. The number of para-hydroxylation sites is 2. The molecule has 2 nitrogen and oxygen atoms in total. The standard InChI is InChI=1S/C55H46B7NO/c1-2-42(56)46(35-22-10-5-11-23-35)49(58)43(57)32-63(54-52(61)50(59)48(51(60)53(54)62)41-29-16-28-40-38-25-14-15-31-45(38)64-55(40)41)44-30-17-27-37(34-20-8-4-9-21-34)47(44)39-26-13-12-24-36(39)33-18-6-3-7-19-33/h1,3-31H,32,56-62H2/b46-42+,49-43-. The summed E-state index contributed by atoms with van der Waals surface area (Å²) in [5.74, 6) is 2.99. The lowest BCUT2D eigenvalue weighted by Crippen LogP contribution is -2.47. The molecule has 64 heavy (non-hydrogen) atoms. The topological polar surface area (TPSA) is 16.4 Å². The highest BCUT2D eigenvalue weighted by Gasteiger charge is 2.27. The zero-order chi connectivity index (χ0) is 44.5. The molecule has 0 aliphatic rings. The Morgan fingerprint density at radius 1 is 0.500 bits per heavy atom. The maximum atomic E-state index is 6.67. The van der Waals surface area contributed by atoms with Crippen LogP contribution in [0, 0.1) is 12.3 Å². The summed E-state index contributed by atoms with van der Waals surface area (Å²) in [6, 6.07) is 62.8. The zero-order valence-corrected chi connectivity index (χ0v) is 37.9. The molecule has 0 radical (unpaired) electrons. The van der Waals surface area contributed by atoms with Gasteiger partial charge >= 0.3 is 0 Å². The first kappa shape index (κ1) is 42.2. The molecule has 8 aromatic carbocycles. The van der Waals surface area contributed by atoms with E-state index in [0.29, 0.717) is 6.54 Å². The van der Waals surface area contributed by atoms with Gasteiger partial charge in [0.05, 0.1) is 0 Å². The van der Waals surface area contributed by atoms with Crippen molar-refractivity contribution in [2.75, 3.05) is 11.4 Å². The van der Waals surface area contributed by atoms with Gasteiger partial charge in [-0.25, -0.2) is 0 Å². The van der Waals surface area contributed by atoms with E-state index >= 15 is 0 Å². The molecule has 9 aromatic rings. The van der Waals surface area contributed by atoms with Crippen molar-refractivity contribution in [3.63, 3.8) is 0 Å². The summed E-state index contributed by atoms with van der Waals surface area (Å²) in [4.78, 5) is 2.59. The SMILES string of the molecule is B/C(CN(c1cccc(-c2ccccc2)c1-c1ccccc1-c1ccccc1)c1c(B)c(B)c(-c2cccc3c2oc2ccccc23)c(B)c1B)=C(B)/C(=C(/B)C#C)c1ccccc1. The van der Waals surface area contributed by atoms with Gasteiger partial charge in [-0.05, 0) is 62.1 Å². The van der Waals surface area contributed by atoms with Gasteiger partial charge in [-0.2, -0.15) is 0 Å². The quantitative estimate of drug-likeness (QED) is 0.114. The lowest BCUT2D eigenvalue weighted by molar-refractivity contribution is 0.670. The van der Waals surface area contributed by atoms with Gasteiger partial charge in [0.15, 0.2) is 7.85 Å². The number of benzene rings is 8. The molecule has 0 saturated carbocycles. The van der Waals surface area contributed by atoms with Crippen LogP contribution in [-0.4, -0.2) is 61.5 Å². The van der Waals surface area contributed by atoms with Crippen molar-refractivity contribution in [2.45, 2.75) is 0 Å². The average molecular weight is 813 g/mol. The van der Waals surface area contributed by atoms with Gasteiger partial charge in [-0.15, -0.1) is 6.42 Å². The first-order chi connectivity index (χ1) is 31.2. The summed E-state index contributed by atoms with van der Waals surface area (Å²) in [6.45, 7) is 0.623. The van der Waals surface area contributed by atoms with E-state index in [1.165, 1.54) is 77.4 Å². The van der Waals surface area contributed by atoms with Crippen LogP contribution in [0.5, 0.6) is 0 Å². The summed E-state index contributed by atoms with van der Waals surface area (Å²) in [6.07, 6.45) is 6.19. The van der Waals surface area contributed by atoms with Crippen LogP contribution in [0.3, 0.4) is 0 Å². The molecule has 9 rings (SSSR count). The second kappa shape index (κ2) is 17.9. The monoisotopic (exact) mass is 813 g/mol. The Morgan fingerprint density at radius 3 is 1.67 bits per heavy atom. The molecule has 0 saturated heterocycles. The number of terminal acetylenes is 1. The highest BCUT2D eigenvalue weighted by atomic mass is 16.3. The van der Waals surface area contributed by atoms with E-state index in [1.807, 2.05) is 6.07 Å². The fourth-order valence-corrected chi connectivity index (χ4v) is 9.77. The highest BCUT2D eigenvalue weighted by Crippen LogP contribution is 2.46. The third-order valence-corrected chi connectivity index (χ3v) is 13.3.